The first-order valence-electron chi connectivity index (χ1n) is 12.3. The third-order valence-corrected chi connectivity index (χ3v) is 10.3. The summed E-state index contributed by atoms with van der Waals surface area (Å²) in [5.74, 6) is -0.961. The molecule has 2 heterocycles. The van der Waals surface area contributed by atoms with Gasteiger partial charge >= 0.3 is 0 Å². The van der Waals surface area contributed by atoms with Crippen LogP contribution in [0.5, 0.6) is 0 Å². The highest BCUT2D eigenvalue weighted by Gasteiger charge is 2.54. The number of carbonyl (C=O) groups excluding carboxylic acids is 1. The van der Waals surface area contributed by atoms with Gasteiger partial charge in [-0.15, -0.1) is 0 Å². The maximum Gasteiger partial charge on any atom is 0.244 e. The Morgan fingerprint density at radius 2 is 1.75 bits per heavy atom. The Morgan fingerprint density at radius 3 is 2.39 bits per heavy atom. The number of rotatable bonds is 7. The van der Waals surface area contributed by atoms with Crippen LogP contribution in [0.15, 0.2) is 41.6 Å². The largest absolute Gasteiger partial charge is 0.349 e. The molecule has 1 aromatic heterocycles. The van der Waals surface area contributed by atoms with Gasteiger partial charge in [0.15, 0.2) is 0 Å². The lowest BCUT2D eigenvalue weighted by Gasteiger charge is -2.52. The van der Waals surface area contributed by atoms with Crippen LogP contribution in [-0.4, -0.2) is 47.6 Å². The normalized spacial score (nSPS) is 28.5. The van der Waals surface area contributed by atoms with E-state index >= 15 is 0 Å². The lowest BCUT2D eigenvalue weighted by Crippen LogP contribution is -2.48. The highest BCUT2D eigenvalue weighted by atomic mass is 32.2. The van der Waals surface area contributed by atoms with E-state index in [1.54, 1.807) is 0 Å². The number of nitrogens with one attached hydrogen (secondary N) is 1. The van der Waals surface area contributed by atoms with Crippen molar-refractivity contribution in [3.05, 3.63) is 53.9 Å². The molecule has 0 radical (unpaired) electrons. The van der Waals surface area contributed by atoms with Gasteiger partial charge in [0.05, 0.1) is 22.8 Å². The molecule has 0 spiro atoms. The number of benzene rings is 1. The SMILES string of the molecule is O=C(NCc1cc(C23CCC(C(F)F)(CC2)CC3)ncn1)C1CCCN1S(=O)(=O)c1ccc(F)cc1. The van der Waals surface area contributed by atoms with Crippen LogP contribution < -0.4 is 5.32 Å². The van der Waals surface area contributed by atoms with Crippen LogP contribution in [0.4, 0.5) is 13.2 Å². The predicted molar refractivity (Wildman–Crippen MR) is 125 cm³/mol. The number of carbonyl (C=O) groups is 1. The van der Waals surface area contributed by atoms with Gasteiger partial charge in [-0.2, -0.15) is 4.31 Å². The summed E-state index contributed by atoms with van der Waals surface area (Å²) in [7, 11) is -3.95. The summed E-state index contributed by atoms with van der Waals surface area (Å²) in [5.41, 5.74) is 0.326. The molecule has 36 heavy (non-hydrogen) atoms. The molecule has 2 bridgehead atoms. The van der Waals surface area contributed by atoms with Crippen molar-refractivity contribution in [3.8, 4) is 0 Å². The summed E-state index contributed by atoms with van der Waals surface area (Å²) < 4.78 is 67.7. The topological polar surface area (TPSA) is 92.3 Å². The molecule has 6 rings (SSSR count). The fraction of sp³-hybridized carbons (Fsp3) is 0.560. The monoisotopic (exact) mass is 522 g/mol. The molecule has 1 amide bonds. The van der Waals surface area contributed by atoms with E-state index in [0.29, 0.717) is 57.1 Å². The lowest BCUT2D eigenvalue weighted by atomic mass is 9.53. The Morgan fingerprint density at radius 1 is 1.08 bits per heavy atom. The third kappa shape index (κ3) is 4.40. The van der Waals surface area contributed by atoms with Crippen LogP contribution in [0.3, 0.4) is 0 Å². The molecule has 1 unspecified atom stereocenters. The zero-order valence-corrected chi connectivity index (χ0v) is 20.6. The molecule has 1 aliphatic heterocycles. The van der Waals surface area contributed by atoms with E-state index in [1.165, 1.54) is 22.8 Å². The molecule has 1 aromatic carbocycles. The summed E-state index contributed by atoms with van der Waals surface area (Å²) in [4.78, 5) is 21.6. The predicted octanol–water partition coefficient (Wildman–Crippen LogP) is 3.94. The molecule has 1 N–H and O–H groups in total. The van der Waals surface area contributed by atoms with Crippen molar-refractivity contribution in [1.29, 1.82) is 0 Å². The second-order valence-electron chi connectivity index (χ2n) is 10.3. The summed E-state index contributed by atoms with van der Waals surface area (Å²) in [6, 6.07) is 5.53. The number of sulfonamides is 1. The highest BCUT2D eigenvalue weighted by Crippen LogP contribution is 2.59. The summed E-state index contributed by atoms with van der Waals surface area (Å²) >= 11 is 0. The number of aromatic nitrogens is 2. The molecular weight excluding hydrogens is 493 g/mol. The first-order chi connectivity index (χ1) is 17.2. The second kappa shape index (κ2) is 9.41. The average molecular weight is 523 g/mol. The standard InChI is InChI=1S/C25H29F3N4O3S/c26-17-3-5-19(6-4-17)36(34,35)32-13-1-2-20(32)22(33)29-15-18-14-21(31-16-30-18)24-7-10-25(11-8-24,12-9-24)23(27)28/h3-6,14,16,20,23H,1-2,7-13,15H2,(H,29,33). The van der Waals surface area contributed by atoms with Crippen molar-refractivity contribution in [1.82, 2.24) is 19.6 Å². The number of nitrogens with zero attached hydrogens (tertiary/aromatic N) is 3. The van der Waals surface area contributed by atoms with Crippen LogP contribution in [0.1, 0.15) is 62.8 Å². The summed E-state index contributed by atoms with van der Waals surface area (Å²) in [6.45, 7) is 0.310. The maximum absolute atomic E-state index is 13.6. The van der Waals surface area contributed by atoms with Gasteiger partial charge < -0.3 is 5.32 Å². The molecule has 1 atom stereocenters. The van der Waals surface area contributed by atoms with Crippen molar-refractivity contribution in [2.75, 3.05) is 6.54 Å². The Kier molecular flexibility index (Phi) is 6.57. The summed E-state index contributed by atoms with van der Waals surface area (Å²) in [5, 5.41) is 2.80. The Hall–Kier alpha value is -2.53. The van der Waals surface area contributed by atoms with Crippen LogP contribution in [0.2, 0.25) is 0 Å². The van der Waals surface area contributed by atoms with Crippen molar-refractivity contribution in [2.24, 2.45) is 5.41 Å². The maximum atomic E-state index is 13.6. The minimum atomic E-state index is -3.95. The van der Waals surface area contributed by atoms with Gasteiger partial charge in [0.25, 0.3) is 0 Å². The Balaban J connectivity index is 1.25. The summed E-state index contributed by atoms with van der Waals surface area (Å²) in [6.07, 6.45) is 3.52. The Bertz CT molecular complexity index is 1210. The quantitative estimate of drug-likeness (QED) is 0.595. The second-order valence-corrected chi connectivity index (χ2v) is 12.2. The molecule has 2 aromatic rings. The highest BCUT2D eigenvalue weighted by molar-refractivity contribution is 7.89. The van der Waals surface area contributed by atoms with E-state index in [9.17, 15) is 26.4 Å². The van der Waals surface area contributed by atoms with Crippen LogP contribution >= 0.6 is 0 Å². The van der Waals surface area contributed by atoms with Gasteiger partial charge in [-0.3, -0.25) is 4.79 Å². The van der Waals surface area contributed by atoms with E-state index < -0.39 is 39.6 Å². The smallest absolute Gasteiger partial charge is 0.244 e. The van der Waals surface area contributed by atoms with Crippen molar-refractivity contribution in [2.45, 2.75) is 80.7 Å². The van der Waals surface area contributed by atoms with Crippen LogP contribution in [0, 0.1) is 11.2 Å². The number of hydrogen-bond donors (Lipinski definition) is 1. The van der Waals surface area contributed by atoms with Gasteiger partial charge in [0, 0.05) is 17.4 Å². The third-order valence-electron chi connectivity index (χ3n) is 8.40. The number of amides is 1. The minimum absolute atomic E-state index is 0.0564. The van der Waals surface area contributed by atoms with E-state index in [1.807, 2.05) is 6.07 Å². The number of fused-ring (bicyclic) bond motifs is 3. The van der Waals surface area contributed by atoms with Gasteiger partial charge in [0.2, 0.25) is 22.4 Å². The van der Waals surface area contributed by atoms with E-state index in [-0.39, 0.29) is 23.4 Å². The fourth-order valence-electron chi connectivity index (χ4n) is 6.04. The number of alkyl halides is 2. The fourth-order valence-corrected chi connectivity index (χ4v) is 7.69. The van der Waals surface area contributed by atoms with Gasteiger partial charge in [-0.05, 0) is 81.7 Å². The molecular formula is C25H29F3N4O3S. The first-order valence-corrected chi connectivity index (χ1v) is 13.7. The Labute approximate surface area is 208 Å². The molecule has 194 valence electrons. The average Bonchev–Trinajstić information content (AvgIpc) is 3.40. The zero-order valence-electron chi connectivity index (χ0n) is 19.8. The molecule has 3 aliphatic carbocycles. The van der Waals surface area contributed by atoms with Crippen molar-refractivity contribution < 1.29 is 26.4 Å². The van der Waals surface area contributed by atoms with E-state index in [2.05, 4.69) is 15.3 Å². The van der Waals surface area contributed by atoms with E-state index in [0.717, 1.165) is 17.8 Å². The first kappa shape index (κ1) is 25.1. The van der Waals surface area contributed by atoms with Crippen molar-refractivity contribution >= 4 is 15.9 Å². The molecule has 1 saturated heterocycles. The van der Waals surface area contributed by atoms with Crippen LogP contribution in [-0.2, 0) is 26.8 Å². The van der Waals surface area contributed by atoms with Gasteiger partial charge in [-0.1, -0.05) is 0 Å². The van der Waals surface area contributed by atoms with Crippen molar-refractivity contribution in [3.63, 3.8) is 0 Å². The molecule has 4 fully saturated rings. The zero-order chi connectivity index (χ0) is 25.6. The number of hydrogen-bond acceptors (Lipinski definition) is 5. The van der Waals surface area contributed by atoms with Crippen LogP contribution in [0.25, 0.3) is 0 Å². The van der Waals surface area contributed by atoms with Gasteiger partial charge in [0.1, 0.15) is 18.2 Å². The van der Waals surface area contributed by atoms with E-state index in [4.69, 9.17) is 0 Å². The molecule has 11 heteroatoms. The molecule has 7 nitrogen and oxygen atoms in total. The molecule has 4 aliphatic rings. The minimum Gasteiger partial charge on any atom is -0.349 e. The number of halogens is 3. The molecule has 3 saturated carbocycles. The van der Waals surface area contributed by atoms with Gasteiger partial charge in [-0.25, -0.2) is 31.6 Å². The lowest BCUT2D eigenvalue weighted by molar-refractivity contribution is -0.124.